The maximum atomic E-state index is 12.7. The van der Waals surface area contributed by atoms with Crippen molar-refractivity contribution < 1.29 is 9.53 Å². The topological polar surface area (TPSA) is 26.3 Å². The number of carbonyl (C=O) groups excluding carboxylic acids is 1. The Morgan fingerprint density at radius 2 is 1.90 bits per heavy atom. The fourth-order valence-corrected chi connectivity index (χ4v) is 4.47. The van der Waals surface area contributed by atoms with Gasteiger partial charge in [0.25, 0.3) is 0 Å². The average Bonchev–Trinajstić information content (AvgIpc) is 2.37. The van der Waals surface area contributed by atoms with E-state index >= 15 is 0 Å². The van der Waals surface area contributed by atoms with Gasteiger partial charge in [0, 0.05) is 18.9 Å². The fraction of sp³-hybridized carbons (Fsp3) is 0.947. The number of ketones is 1. The molecule has 0 aromatic heterocycles. The quantitative estimate of drug-likeness (QED) is 0.717. The van der Waals surface area contributed by atoms with Gasteiger partial charge in [-0.1, -0.05) is 47.0 Å². The van der Waals surface area contributed by atoms with Crippen molar-refractivity contribution in [3.05, 3.63) is 0 Å². The van der Waals surface area contributed by atoms with Crippen molar-refractivity contribution >= 4 is 5.78 Å². The summed E-state index contributed by atoms with van der Waals surface area (Å²) in [6.45, 7) is 9.82. The van der Waals surface area contributed by atoms with Crippen molar-refractivity contribution in [3.8, 4) is 0 Å². The summed E-state index contributed by atoms with van der Waals surface area (Å²) in [5, 5.41) is 0. The Morgan fingerprint density at radius 1 is 1.24 bits per heavy atom. The van der Waals surface area contributed by atoms with Gasteiger partial charge in [0.15, 0.2) is 0 Å². The molecule has 1 spiro atoms. The highest BCUT2D eigenvalue weighted by atomic mass is 16.5. The van der Waals surface area contributed by atoms with Crippen LogP contribution < -0.4 is 0 Å². The molecule has 2 heteroatoms. The second-order valence-electron chi connectivity index (χ2n) is 8.82. The molecule has 2 nitrogen and oxygen atoms in total. The zero-order chi connectivity index (χ0) is 15.5. The van der Waals surface area contributed by atoms with E-state index < -0.39 is 0 Å². The van der Waals surface area contributed by atoms with Crippen molar-refractivity contribution in [1.29, 1.82) is 0 Å². The zero-order valence-corrected chi connectivity index (χ0v) is 14.5. The highest BCUT2D eigenvalue weighted by Gasteiger charge is 2.40. The minimum Gasteiger partial charge on any atom is -0.375 e. The lowest BCUT2D eigenvalue weighted by Crippen LogP contribution is -2.43. The smallest absolute Gasteiger partial charge is 0.136 e. The largest absolute Gasteiger partial charge is 0.375 e. The van der Waals surface area contributed by atoms with Crippen LogP contribution in [0.25, 0.3) is 0 Å². The number of ether oxygens (including phenoxy) is 1. The third-order valence-corrected chi connectivity index (χ3v) is 5.22. The van der Waals surface area contributed by atoms with Crippen molar-refractivity contribution in [1.82, 2.24) is 0 Å². The van der Waals surface area contributed by atoms with Crippen LogP contribution in [-0.4, -0.2) is 18.0 Å². The van der Waals surface area contributed by atoms with Gasteiger partial charge < -0.3 is 4.74 Å². The molecule has 0 bridgehead atoms. The van der Waals surface area contributed by atoms with E-state index in [4.69, 9.17) is 4.74 Å². The van der Waals surface area contributed by atoms with Crippen molar-refractivity contribution in [2.75, 3.05) is 6.61 Å². The standard InChI is InChI=1S/C19H34O2/c1-15(13-18(2,3)4)12-17(20)16-8-11-21-19(14-16)9-6-5-7-10-19/h15-16H,5-14H2,1-4H3. The van der Waals surface area contributed by atoms with E-state index in [0.29, 0.717) is 17.1 Å². The number of hydrogen-bond acceptors (Lipinski definition) is 2. The van der Waals surface area contributed by atoms with Gasteiger partial charge in [0.05, 0.1) is 5.60 Å². The molecule has 1 heterocycles. The van der Waals surface area contributed by atoms with Crippen molar-refractivity contribution in [2.45, 2.75) is 91.1 Å². The van der Waals surface area contributed by atoms with Crippen LogP contribution in [0.5, 0.6) is 0 Å². The minimum absolute atomic E-state index is 0.0596. The molecule has 2 aliphatic rings. The van der Waals surface area contributed by atoms with E-state index in [1.165, 1.54) is 32.1 Å². The Morgan fingerprint density at radius 3 is 2.52 bits per heavy atom. The first-order valence-electron chi connectivity index (χ1n) is 8.96. The summed E-state index contributed by atoms with van der Waals surface area (Å²) in [6.07, 6.45) is 10.1. The number of Topliss-reactive ketones (excluding diaryl/α,β-unsaturated/α-hetero) is 1. The molecule has 2 atom stereocenters. The molecule has 2 unspecified atom stereocenters. The van der Waals surface area contributed by atoms with Gasteiger partial charge in [0.1, 0.15) is 5.78 Å². The molecule has 1 aliphatic heterocycles. The Kier molecular flexibility index (Phi) is 5.51. The lowest BCUT2D eigenvalue weighted by atomic mass is 9.73. The Bertz CT molecular complexity index is 342. The second-order valence-corrected chi connectivity index (χ2v) is 8.82. The molecule has 0 aromatic carbocycles. The summed E-state index contributed by atoms with van der Waals surface area (Å²) in [5.41, 5.74) is 0.379. The van der Waals surface area contributed by atoms with Crippen LogP contribution in [0.1, 0.15) is 85.5 Å². The molecule has 122 valence electrons. The molecular weight excluding hydrogens is 260 g/mol. The van der Waals surface area contributed by atoms with Crippen LogP contribution in [0.2, 0.25) is 0 Å². The Hall–Kier alpha value is -0.370. The van der Waals surface area contributed by atoms with E-state index in [2.05, 4.69) is 27.7 Å². The summed E-state index contributed by atoms with van der Waals surface area (Å²) in [4.78, 5) is 12.7. The van der Waals surface area contributed by atoms with Crippen LogP contribution in [0.3, 0.4) is 0 Å². The maximum absolute atomic E-state index is 12.7. The van der Waals surface area contributed by atoms with Crippen LogP contribution in [0.15, 0.2) is 0 Å². The first-order chi connectivity index (χ1) is 9.80. The highest BCUT2D eigenvalue weighted by Crippen LogP contribution is 2.41. The van der Waals surface area contributed by atoms with E-state index in [9.17, 15) is 4.79 Å². The third kappa shape index (κ3) is 5.09. The summed E-state index contributed by atoms with van der Waals surface area (Å²) in [7, 11) is 0. The van der Waals surface area contributed by atoms with Crippen LogP contribution in [-0.2, 0) is 9.53 Å². The Labute approximate surface area is 131 Å². The zero-order valence-electron chi connectivity index (χ0n) is 14.5. The first kappa shape index (κ1) is 17.0. The van der Waals surface area contributed by atoms with Crippen LogP contribution >= 0.6 is 0 Å². The van der Waals surface area contributed by atoms with Gasteiger partial charge in [-0.05, 0) is 43.4 Å². The second kappa shape index (κ2) is 6.81. The van der Waals surface area contributed by atoms with Crippen LogP contribution in [0, 0.1) is 17.3 Å². The van der Waals surface area contributed by atoms with Crippen molar-refractivity contribution in [3.63, 3.8) is 0 Å². The molecule has 0 N–H and O–H groups in total. The van der Waals surface area contributed by atoms with Gasteiger partial charge >= 0.3 is 0 Å². The molecule has 1 saturated heterocycles. The van der Waals surface area contributed by atoms with E-state index in [-0.39, 0.29) is 11.5 Å². The predicted molar refractivity (Wildman–Crippen MR) is 87.4 cm³/mol. The molecule has 1 saturated carbocycles. The molecule has 0 amide bonds. The molecule has 0 aromatic rings. The summed E-state index contributed by atoms with van der Waals surface area (Å²) in [6, 6.07) is 0. The predicted octanol–water partition coefficient (Wildman–Crippen LogP) is 5.15. The maximum Gasteiger partial charge on any atom is 0.136 e. The summed E-state index contributed by atoms with van der Waals surface area (Å²) < 4.78 is 6.12. The average molecular weight is 294 g/mol. The van der Waals surface area contributed by atoms with Gasteiger partial charge in [-0.25, -0.2) is 0 Å². The van der Waals surface area contributed by atoms with Gasteiger partial charge in [-0.15, -0.1) is 0 Å². The lowest BCUT2D eigenvalue weighted by Gasteiger charge is -2.43. The molecule has 2 fully saturated rings. The number of hydrogen-bond donors (Lipinski definition) is 0. The van der Waals surface area contributed by atoms with Gasteiger partial charge in [-0.3, -0.25) is 4.79 Å². The molecular formula is C19H34O2. The SMILES string of the molecule is CC(CC(=O)C1CCOC2(CCCCC2)C1)CC(C)(C)C. The number of carbonyl (C=O) groups is 1. The third-order valence-electron chi connectivity index (χ3n) is 5.22. The monoisotopic (exact) mass is 294 g/mol. The van der Waals surface area contributed by atoms with E-state index in [0.717, 1.165) is 32.3 Å². The first-order valence-corrected chi connectivity index (χ1v) is 8.96. The normalized spacial score (nSPS) is 27.5. The summed E-state index contributed by atoms with van der Waals surface area (Å²) in [5.74, 6) is 1.27. The Balaban J connectivity index is 1.87. The van der Waals surface area contributed by atoms with Gasteiger partial charge in [-0.2, -0.15) is 0 Å². The van der Waals surface area contributed by atoms with Gasteiger partial charge in [0.2, 0.25) is 0 Å². The van der Waals surface area contributed by atoms with Crippen molar-refractivity contribution in [2.24, 2.45) is 17.3 Å². The molecule has 1 aliphatic carbocycles. The molecule has 21 heavy (non-hydrogen) atoms. The number of rotatable bonds is 4. The van der Waals surface area contributed by atoms with E-state index in [1.54, 1.807) is 0 Å². The van der Waals surface area contributed by atoms with Crippen LogP contribution in [0.4, 0.5) is 0 Å². The van der Waals surface area contributed by atoms with E-state index in [1.807, 2.05) is 0 Å². The molecule has 0 radical (unpaired) electrons. The molecule has 2 rings (SSSR count). The highest BCUT2D eigenvalue weighted by molar-refractivity contribution is 5.81. The lowest BCUT2D eigenvalue weighted by molar-refractivity contribution is -0.143. The minimum atomic E-state index is 0.0596. The summed E-state index contributed by atoms with van der Waals surface area (Å²) >= 11 is 0. The fourth-order valence-electron chi connectivity index (χ4n) is 4.47.